The maximum Gasteiger partial charge on any atom is 0.251 e. The molecule has 1 N–H and O–H groups in total. The van der Waals surface area contributed by atoms with Crippen LogP contribution in [0, 0.1) is 6.92 Å². The van der Waals surface area contributed by atoms with Crippen LogP contribution < -0.4 is 10.1 Å². The highest BCUT2D eigenvalue weighted by molar-refractivity contribution is 5.95. The molecule has 0 aliphatic rings. The molecule has 25 heavy (non-hydrogen) atoms. The van der Waals surface area contributed by atoms with Crippen LogP contribution in [0.3, 0.4) is 0 Å². The SMILES string of the molecule is COc1ccccc1-c1noc(CCNC(=O)c2ccccc2C)n1. The summed E-state index contributed by atoms with van der Waals surface area (Å²) in [6.07, 6.45) is 0.458. The summed E-state index contributed by atoms with van der Waals surface area (Å²) in [6.45, 7) is 2.33. The summed E-state index contributed by atoms with van der Waals surface area (Å²) in [6, 6.07) is 14.9. The van der Waals surface area contributed by atoms with Crippen LogP contribution in [0.2, 0.25) is 0 Å². The summed E-state index contributed by atoms with van der Waals surface area (Å²) >= 11 is 0. The summed E-state index contributed by atoms with van der Waals surface area (Å²) < 4.78 is 10.6. The van der Waals surface area contributed by atoms with Crippen LogP contribution in [0.15, 0.2) is 53.1 Å². The predicted molar refractivity (Wildman–Crippen MR) is 93.5 cm³/mol. The largest absolute Gasteiger partial charge is 0.496 e. The number of hydrogen-bond acceptors (Lipinski definition) is 5. The maximum atomic E-state index is 12.2. The number of nitrogens with one attached hydrogen (secondary N) is 1. The second-order valence-corrected chi connectivity index (χ2v) is 5.53. The Balaban J connectivity index is 1.61. The molecule has 0 radical (unpaired) electrons. The number of benzene rings is 2. The molecular formula is C19H19N3O3. The molecule has 6 nitrogen and oxygen atoms in total. The Kier molecular flexibility index (Phi) is 5.09. The van der Waals surface area contributed by atoms with Gasteiger partial charge in [-0.2, -0.15) is 4.98 Å². The van der Waals surface area contributed by atoms with Crippen LogP contribution in [0.1, 0.15) is 21.8 Å². The Morgan fingerprint density at radius 3 is 2.72 bits per heavy atom. The van der Waals surface area contributed by atoms with Crippen LogP contribution in [-0.2, 0) is 6.42 Å². The number of hydrogen-bond donors (Lipinski definition) is 1. The van der Waals surface area contributed by atoms with E-state index >= 15 is 0 Å². The predicted octanol–water partition coefficient (Wildman–Crippen LogP) is 3.03. The molecule has 6 heteroatoms. The van der Waals surface area contributed by atoms with Crippen LogP contribution in [-0.4, -0.2) is 29.7 Å². The van der Waals surface area contributed by atoms with Gasteiger partial charge in [-0.3, -0.25) is 4.79 Å². The zero-order valence-corrected chi connectivity index (χ0v) is 14.2. The van der Waals surface area contributed by atoms with Crippen LogP contribution in [0.25, 0.3) is 11.4 Å². The zero-order chi connectivity index (χ0) is 17.6. The Morgan fingerprint density at radius 1 is 1.16 bits per heavy atom. The highest BCUT2D eigenvalue weighted by Crippen LogP contribution is 2.26. The average Bonchev–Trinajstić information content (AvgIpc) is 3.10. The molecular weight excluding hydrogens is 318 g/mol. The third-order valence-electron chi connectivity index (χ3n) is 3.83. The minimum absolute atomic E-state index is 0.109. The lowest BCUT2D eigenvalue weighted by atomic mass is 10.1. The second kappa shape index (κ2) is 7.61. The monoisotopic (exact) mass is 337 g/mol. The lowest BCUT2D eigenvalue weighted by molar-refractivity contribution is 0.0953. The number of carbonyl (C=O) groups is 1. The fourth-order valence-corrected chi connectivity index (χ4v) is 2.50. The molecule has 3 aromatic rings. The van der Waals surface area contributed by atoms with E-state index in [1.807, 2.05) is 49.4 Å². The summed E-state index contributed by atoms with van der Waals surface area (Å²) in [5, 5.41) is 6.85. The number of amides is 1. The van der Waals surface area contributed by atoms with E-state index in [1.54, 1.807) is 13.2 Å². The van der Waals surface area contributed by atoms with Gasteiger partial charge in [0.15, 0.2) is 0 Å². The van der Waals surface area contributed by atoms with E-state index in [2.05, 4.69) is 15.5 Å². The maximum absolute atomic E-state index is 12.2. The van der Waals surface area contributed by atoms with Crippen molar-refractivity contribution in [1.29, 1.82) is 0 Å². The Morgan fingerprint density at radius 2 is 1.92 bits per heavy atom. The number of ether oxygens (including phenoxy) is 1. The van der Waals surface area contributed by atoms with Gasteiger partial charge in [-0.15, -0.1) is 0 Å². The number of aryl methyl sites for hydroxylation is 1. The van der Waals surface area contributed by atoms with Crippen molar-refractivity contribution in [3.05, 3.63) is 65.5 Å². The van der Waals surface area contributed by atoms with E-state index in [4.69, 9.17) is 9.26 Å². The van der Waals surface area contributed by atoms with Crippen molar-refractivity contribution in [2.75, 3.05) is 13.7 Å². The van der Waals surface area contributed by atoms with Crippen LogP contribution >= 0.6 is 0 Å². The minimum atomic E-state index is -0.109. The fourth-order valence-electron chi connectivity index (χ4n) is 2.50. The van der Waals surface area contributed by atoms with Crippen molar-refractivity contribution in [1.82, 2.24) is 15.5 Å². The molecule has 0 aliphatic carbocycles. The molecule has 0 aliphatic heterocycles. The van der Waals surface area contributed by atoms with Gasteiger partial charge in [0.25, 0.3) is 5.91 Å². The average molecular weight is 337 g/mol. The first-order valence-corrected chi connectivity index (χ1v) is 7.99. The van der Waals surface area contributed by atoms with Gasteiger partial charge >= 0.3 is 0 Å². The number of carbonyl (C=O) groups excluding carboxylic acids is 1. The van der Waals surface area contributed by atoms with Crippen molar-refractivity contribution >= 4 is 5.91 Å². The van der Waals surface area contributed by atoms with Gasteiger partial charge in [-0.05, 0) is 30.7 Å². The highest BCUT2D eigenvalue weighted by Gasteiger charge is 2.13. The number of nitrogens with zero attached hydrogens (tertiary/aromatic N) is 2. The lowest BCUT2D eigenvalue weighted by Crippen LogP contribution is -2.26. The van der Waals surface area contributed by atoms with E-state index in [1.165, 1.54) is 0 Å². The van der Waals surface area contributed by atoms with Crippen molar-refractivity contribution in [3.63, 3.8) is 0 Å². The normalized spacial score (nSPS) is 10.5. The molecule has 0 saturated heterocycles. The van der Waals surface area contributed by atoms with E-state index in [0.717, 1.165) is 11.1 Å². The molecule has 0 unspecified atom stereocenters. The Hall–Kier alpha value is -3.15. The summed E-state index contributed by atoms with van der Waals surface area (Å²) in [4.78, 5) is 16.5. The lowest BCUT2D eigenvalue weighted by Gasteiger charge is -2.06. The summed E-state index contributed by atoms with van der Waals surface area (Å²) in [7, 11) is 1.60. The molecule has 1 aromatic heterocycles. The Labute approximate surface area is 145 Å². The topological polar surface area (TPSA) is 77.3 Å². The van der Waals surface area contributed by atoms with E-state index in [9.17, 15) is 4.79 Å². The standard InChI is InChI=1S/C19H19N3O3/c1-13-7-3-4-8-14(13)19(23)20-12-11-17-21-18(22-25-17)15-9-5-6-10-16(15)24-2/h3-10H,11-12H2,1-2H3,(H,20,23). The number of para-hydroxylation sites is 1. The van der Waals surface area contributed by atoms with Crippen LogP contribution in [0.5, 0.6) is 5.75 Å². The van der Waals surface area contributed by atoms with Gasteiger partial charge in [0, 0.05) is 18.5 Å². The highest BCUT2D eigenvalue weighted by atomic mass is 16.5. The Bertz CT molecular complexity index is 874. The van der Waals surface area contributed by atoms with Crippen molar-refractivity contribution < 1.29 is 14.1 Å². The number of aromatic nitrogens is 2. The molecule has 3 rings (SSSR count). The van der Waals surface area contributed by atoms with Crippen molar-refractivity contribution in [2.24, 2.45) is 0 Å². The molecule has 0 bridgehead atoms. The molecule has 0 saturated carbocycles. The summed E-state index contributed by atoms with van der Waals surface area (Å²) in [5.41, 5.74) is 2.38. The van der Waals surface area contributed by atoms with E-state index in [-0.39, 0.29) is 5.91 Å². The summed E-state index contributed by atoms with van der Waals surface area (Å²) in [5.74, 6) is 1.51. The molecule has 0 spiro atoms. The quantitative estimate of drug-likeness (QED) is 0.748. The first kappa shape index (κ1) is 16.7. The first-order chi connectivity index (χ1) is 12.2. The van der Waals surface area contributed by atoms with Gasteiger partial charge < -0.3 is 14.6 Å². The number of methoxy groups -OCH3 is 1. The third kappa shape index (κ3) is 3.85. The van der Waals surface area contributed by atoms with Crippen LogP contribution in [0.4, 0.5) is 0 Å². The van der Waals surface area contributed by atoms with E-state index < -0.39 is 0 Å². The van der Waals surface area contributed by atoms with Gasteiger partial charge in [-0.1, -0.05) is 35.5 Å². The van der Waals surface area contributed by atoms with Gasteiger partial charge in [0.05, 0.1) is 12.7 Å². The minimum Gasteiger partial charge on any atom is -0.496 e. The smallest absolute Gasteiger partial charge is 0.251 e. The molecule has 128 valence electrons. The molecule has 0 atom stereocenters. The molecule has 1 amide bonds. The van der Waals surface area contributed by atoms with E-state index in [0.29, 0.717) is 36.0 Å². The molecule has 2 aromatic carbocycles. The van der Waals surface area contributed by atoms with Crippen molar-refractivity contribution in [2.45, 2.75) is 13.3 Å². The third-order valence-corrected chi connectivity index (χ3v) is 3.83. The molecule has 0 fully saturated rings. The van der Waals surface area contributed by atoms with Gasteiger partial charge in [0.1, 0.15) is 5.75 Å². The second-order valence-electron chi connectivity index (χ2n) is 5.53. The van der Waals surface area contributed by atoms with Crippen molar-refractivity contribution in [3.8, 4) is 17.1 Å². The first-order valence-electron chi connectivity index (χ1n) is 7.99. The fraction of sp³-hybridized carbons (Fsp3) is 0.211. The molecule has 1 heterocycles. The number of rotatable bonds is 6. The van der Waals surface area contributed by atoms with Gasteiger partial charge in [0.2, 0.25) is 11.7 Å². The van der Waals surface area contributed by atoms with Gasteiger partial charge in [-0.25, -0.2) is 0 Å². The zero-order valence-electron chi connectivity index (χ0n) is 14.2.